The molecule has 4 rings (SSSR count). The van der Waals surface area contributed by atoms with Gasteiger partial charge in [-0.25, -0.2) is 50.5 Å². The number of amides is 1. The van der Waals surface area contributed by atoms with E-state index in [2.05, 4.69) is 34.1 Å². The zero-order valence-corrected chi connectivity index (χ0v) is 46.9. The van der Waals surface area contributed by atoms with Gasteiger partial charge in [0, 0.05) is 12.1 Å². The van der Waals surface area contributed by atoms with Crippen LogP contribution in [0.5, 0.6) is 5.75 Å². The van der Waals surface area contributed by atoms with Gasteiger partial charge in [-0.1, -0.05) is 6.07 Å². The molecule has 0 saturated heterocycles. The number of phenols is 1. The third kappa shape index (κ3) is 19.3. The molecular weight excluding hydrogens is 1040 g/mol. The Balaban J connectivity index is 0.0000102. The number of azo groups is 2. The Morgan fingerprint density at radius 3 is 1.65 bits per heavy atom. The molecule has 0 aliphatic carbocycles. The third-order valence-corrected chi connectivity index (χ3v) is 13.5. The number of rotatable bonds is 19. The number of aromatic hydroxyl groups is 1. The average molecular weight is 1060 g/mol. The minimum Gasteiger partial charge on any atom is -0.744 e. The minimum atomic E-state index is -5.58. The summed E-state index contributed by atoms with van der Waals surface area (Å²) in [5.74, 6) is -4.53. The van der Waals surface area contributed by atoms with E-state index in [0.717, 1.165) is 30.3 Å². The van der Waals surface area contributed by atoms with Crippen molar-refractivity contribution in [1.29, 1.82) is 0 Å². The molecule has 4 aromatic rings. The summed E-state index contributed by atoms with van der Waals surface area (Å²) in [7, 11) is -29.6. The Morgan fingerprint density at radius 1 is 0.631 bits per heavy atom. The maximum Gasteiger partial charge on any atom is 1.00 e. The quantitative estimate of drug-likeness (QED) is 0.0258. The molecule has 4 aromatic carbocycles. The number of sulfone groups is 2. The van der Waals surface area contributed by atoms with Crippen molar-refractivity contribution < 1.29 is 205 Å². The molecule has 0 spiro atoms. The van der Waals surface area contributed by atoms with E-state index in [4.69, 9.17) is 5.73 Å². The minimum absolute atomic E-state index is 0. The SMILES string of the molecule is Nc1c(N=Nc2ccc(S(=O)(=O)CCOS(=O)(=O)[O-])cc2)c(S(=O)(=O)[O-])cc2cc(S(=O)(=O)[O-])c(N=Nc3cccc(C(=O)NCCS(=O)(=O)CCOS(=O)(=O)[O-])c3)c(O)c12.[Na+].[Na+].[Na+].[Na+]. The molecular formula is C29H26N6Na4O20S6. The van der Waals surface area contributed by atoms with Gasteiger partial charge in [-0.15, -0.1) is 10.2 Å². The van der Waals surface area contributed by atoms with Crippen molar-refractivity contribution >= 4 is 106 Å². The van der Waals surface area contributed by atoms with Gasteiger partial charge >= 0.3 is 118 Å². The Morgan fingerprint density at radius 2 is 1.12 bits per heavy atom. The number of hydrogen-bond acceptors (Lipinski definition) is 25. The van der Waals surface area contributed by atoms with Gasteiger partial charge in [0.25, 0.3) is 5.91 Å². The number of nitrogens with one attached hydrogen (secondary N) is 1. The molecule has 0 aliphatic rings. The summed E-state index contributed by atoms with van der Waals surface area (Å²) in [5.41, 5.74) is 2.76. The van der Waals surface area contributed by atoms with Crippen LogP contribution in [0, 0.1) is 0 Å². The summed E-state index contributed by atoms with van der Waals surface area (Å²) < 4.78 is 194. The predicted molar refractivity (Wildman–Crippen MR) is 202 cm³/mol. The second-order valence-electron chi connectivity index (χ2n) is 11.8. The molecule has 36 heteroatoms. The number of carbonyl (C=O) groups excluding carboxylic acids is 1. The first kappa shape index (κ1) is 63.9. The van der Waals surface area contributed by atoms with Crippen molar-refractivity contribution in [3.05, 3.63) is 66.2 Å². The van der Waals surface area contributed by atoms with Crippen LogP contribution in [0.3, 0.4) is 0 Å². The van der Waals surface area contributed by atoms with Gasteiger partial charge in [0.2, 0.25) is 20.8 Å². The topological polar surface area (TPSA) is 440 Å². The molecule has 0 bridgehead atoms. The molecule has 0 radical (unpaired) electrons. The van der Waals surface area contributed by atoms with Crippen LogP contribution in [0.15, 0.2) is 95.8 Å². The number of anilines is 1. The number of nitrogen functional groups attached to an aromatic ring is 1. The van der Waals surface area contributed by atoms with Gasteiger partial charge in [0.1, 0.15) is 31.6 Å². The van der Waals surface area contributed by atoms with E-state index in [1.807, 2.05) is 0 Å². The summed E-state index contributed by atoms with van der Waals surface area (Å²) >= 11 is 0. The molecule has 0 atom stereocenters. The first-order chi connectivity index (χ1) is 28.0. The molecule has 332 valence electrons. The summed E-state index contributed by atoms with van der Waals surface area (Å²) in [4.78, 5) is 9.79. The Hall–Kier alpha value is -1.13. The number of benzene rings is 4. The van der Waals surface area contributed by atoms with Gasteiger partial charge in [-0.3, -0.25) is 13.2 Å². The Bertz CT molecular complexity index is 3150. The molecule has 1 amide bonds. The van der Waals surface area contributed by atoms with Crippen LogP contribution in [-0.4, -0.2) is 117 Å². The number of fused-ring (bicyclic) bond motifs is 1. The van der Waals surface area contributed by atoms with Crippen LogP contribution in [0.4, 0.5) is 28.4 Å². The first-order valence-corrected chi connectivity index (χ1v) is 24.9. The Kier molecular flexibility index (Phi) is 25.2. The van der Waals surface area contributed by atoms with E-state index in [0.29, 0.717) is 12.1 Å². The molecule has 0 aliphatic heterocycles. The summed E-state index contributed by atoms with van der Waals surface area (Å²) in [6, 6.07) is 9.79. The standard InChI is InChI=1S/C29H30N6O20S6.4Na/c30-25-24-18(15-22(58(42,43)44)26(25)34-32-19-4-6-21(7-5-19)57(40,41)13-10-55-61(51,52)53)16-23(59(45,46)47)27(28(24)36)35-33-20-3-1-2-17(14-20)29(37)31-8-11-56(38,39)12-9-54-60(48,49)50;;;;/h1-7,14-16,36H,8-13,30H2,(H,31,37)(H,42,43,44)(H,45,46,47)(H,48,49,50)(H,51,52,53);;;;/q;4*+1/p-4. The fourth-order valence-corrected chi connectivity index (χ4v) is 9.02. The number of nitrogens with two attached hydrogens (primary N) is 1. The van der Waals surface area contributed by atoms with Crippen molar-refractivity contribution in [1.82, 2.24) is 5.32 Å². The average Bonchev–Trinajstić information content (AvgIpc) is 3.11. The van der Waals surface area contributed by atoms with E-state index >= 15 is 0 Å². The summed E-state index contributed by atoms with van der Waals surface area (Å²) in [6.45, 7) is -2.42. The van der Waals surface area contributed by atoms with Crippen LogP contribution >= 0.6 is 0 Å². The van der Waals surface area contributed by atoms with Crippen LogP contribution in [-0.2, 0) is 69.1 Å². The third-order valence-electron chi connectivity index (χ3n) is 7.59. The van der Waals surface area contributed by atoms with Crippen molar-refractivity contribution in [3.63, 3.8) is 0 Å². The van der Waals surface area contributed by atoms with Crippen molar-refractivity contribution in [2.75, 3.05) is 42.8 Å². The van der Waals surface area contributed by atoms with E-state index in [9.17, 15) is 78.6 Å². The van der Waals surface area contributed by atoms with Gasteiger partial charge in [0.05, 0.1) is 67.6 Å². The molecule has 0 saturated carbocycles. The van der Waals surface area contributed by atoms with Gasteiger partial charge < -0.3 is 34.4 Å². The second kappa shape index (κ2) is 25.6. The number of hydrogen-bond donors (Lipinski definition) is 3. The van der Waals surface area contributed by atoms with E-state index in [-0.39, 0.29) is 135 Å². The number of carbonyl (C=O) groups is 1. The summed E-state index contributed by atoms with van der Waals surface area (Å²) in [5, 5.41) is 27.1. The fraction of sp³-hybridized carbons (Fsp3) is 0.207. The first-order valence-electron chi connectivity index (χ1n) is 16.0. The fourth-order valence-electron chi connectivity index (χ4n) is 4.89. The largest absolute Gasteiger partial charge is 1.00 e. The molecule has 0 heterocycles. The van der Waals surface area contributed by atoms with Crippen molar-refractivity contribution in [2.24, 2.45) is 20.5 Å². The molecule has 4 N–H and O–H groups in total. The molecule has 0 aromatic heterocycles. The predicted octanol–water partition coefficient (Wildman–Crippen LogP) is -11.3. The second-order valence-corrected chi connectivity index (χ2v) is 21.1. The van der Waals surface area contributed by atoms with E-state index in [1.54, 1.807) is 0 Å². The normalized spacial score (nSPS) is 12.5. The van der Waals surface area contributed by atoms with Crippen LogP contribution < -0.4 is 129 Å². The van der Waals surface area contributed by atoms with Gasteiger partial charge in [-0.2, -0.15) is 10.2 Å². The maximum absolute atomic E-state index is 12.7. The van der Waals surface area contributed by atoms with Crippen LogP contribution in [0.25, 0.3) is 10.8 Å². The van der Waals surface area contributed by atoms with Gasteiger partial charge in [0.15, 0.2) is 25.4 Å². The maximum atomic E-state index is 12.7. The zero-order valence-electron chi connectivity index (χ0n) is 34.0. The molecule has 26 nitrogen and oxygen atoms in total. The van der Waals surface area contributed by atoms with E-state index < -0.39 is 152 Å². The van der Waals surface area contributed by atoms with Crippen molar-refractivity contribution in [3.8, 4) is 5.75 Å². The smallest absolute Gasteiger partial charge is 0.744 e. The van der Waals surface area contributed by atoms with Crippen LogP contribution in [0.2, 0.25) is 0 Å². The Labute approximate surface area is 460 Å². The summed E-state index contributed by atoms with van der Waals surface area (Å²) in [6.07, 6.45) is 0. The molecule has 0 unspecified atom stereocenters. The van der Waals surface area contributed by atoms with Gasteiger partial charge in [-0.05, 0) is 60.0 Å². The molecule has 0 fully saturated rings. The van der Waals surface area contributed by atoms with E-state index in [1.165, 1.54) is 18.2 Å². The number of phenolic OH excluding ortho intramolecular Hbond substituents is 1. The molecule has 65 heavy (non-hydrogen) atoms. The zero-order chi connectivity index (χ0) is 45.8. The number of nitrogens with zero attached hydrogens (tertiary/aromatic N) is 4. The van der Waals surface area contributed by atoms with Crippen LogP contribution in [0.1, 0.15) is 10.4 Å². The monoisotopic (exact) mass is 1060 g/mol. The van der Waals surface area contributed by atoms with Crippen molar-refractivity contribution in [2.45, 2.75) is 14.7 Å².